The lowest BCUT2D eigenvalue weighted by molar-refractivity contribution is -0.155. The maximum atomic E-state index is 11.2. The number of carbonyl (C=O) groups is 1. The van der Waals surface area contributed by atoms with Crippen molar-refractivity contribution in [3.8, 4) is 0 Å². The van der Waals surface area contributed by atoms with Crippen LogP contribution in [0.1, 0.15) is 12.5 Å². The van der Waals surface area contributed by atoms with E-state index in [1.165, 1.54) is 0 Å². The van der Waals surface area contributed by atoms with E-state index in [1.807, 2.05) is 30.3 Å². The fourth-order valence-electron chi connectivity index (χ4n) is 1.03. The molecule has 0 aliphatic carbocycles. The molecule has 1 aromatic carbocycles. The number of esters is 1. The van der Waals surface area contributed by atoms with Crippen molar-refractivity contribution in [1.29, 1.82) is 0 Å². The lowest BCUT2D eigenvalue weighted by Crippen LogP contribution is -2.39. The van der Waals surface area contributed by atoms with Crippen LogP contribution in [0.3, 0.4) is 0 Å². The molecule has 0 spiro atoms. The Labute approximate surface area is 88.7 Å². The lowest BCUT2D eigenvalue weighted by atomic mass is 10.2. The minimum atomic E-state index is -1.26. The molecule has 0 aliphatic heterocycles. The van der Waals surface area contributed by atoms with Gasteiger partial charge in [0.1, 0.15) is 6.61 Å². The van der Waals surface area contributed by atoms with Crippen LogP contribution < -0.4 is 5.73 Å². The van der Waals surface area contributed by atoms with Gasteiger partial charge in [-0.15, -0.1) is 0 Å². The highest BCUT2D eigenvalue weighted by molar-refractivity contribution is 5.75. The summed E-state index contributed by atoms with van der Waals surface area (Å²) in [6.07, 6.45) is -1.26. The Balaban J connectivity index is 2.41. The van der Waals surface area contributed by atoms with Crippen molar-refractivity contribution in [2.24, 2.45) is 5.73 Å². The SMILES string of the molecule is CC(N)C(O)C(=O)OCc1ccccc1. The summed E-state index contributed by atoms with van der Waals surface area (Å²) in [6, 6.07) is 8.64. The predicted molar refractivity (Wildman–Crippen MR) is 55.9 cm³/mol. The Kier molecular flexibility index (Phi) is 4.27. The van der Waals surface area contributed by atoms with Crippen molar-refractivity contribution in [3.63, 3.8) is 0 Å². The monoisotopic (exact) mass is 209 g/mol. The van der Waals surface area contributed by atoms with Crippen LogP contribution in [0.5, 0.6) is 0 Å². The Morgan fingerprint density at radius 3 is 2.60 bits per heavy atom. The van der Waals surface area contributed by atoms with E-state index in [2.05, 4.69) is 0 Å². The lowest BCUT2D eigenvalue weighted by Gasteiger charge is -2.13. The van der Waals surface area contributed by atoms with Gasteiger partial charge in [-0.3, -0.25) is 0 Å². The molecular formula is C11H15NO3. The van der Waals surface area contributed by atoms with Gasteiger partial charge in [-0.2, -0.15) is 0 Å². The second-order valence-electron chi connectivity index (χ2n) is 3.40. The Bertz CT molecular complexity index is 311. The molecule has 0 radical (unpaired) electrons. The highest BCUT2D eigenvalue weighted by Crippen LogP contribution is 2.02. The summed E-state index contributed by atoms with van der Waals surface area (Å²) in [5, 5.41) is 9.27. The summed E-state index contributed by atoms with van der Waals surface area (Å²) in [6.45, 7) is 1.71. The third-order valence-electron chi connectivity index (χ3n) is 1.96. The normalized spacial score (nSPS) is 14.3. The van der Waals surface area contributed by atoms with Crippen LogP contribution in [0, 0.1) is 0 Å². The largest absolute Gasteiger partial charge is 0.459 e. The van der Waals surface area contributed by atoms with Crippen molar-refractivity contribution < 1.29 is 14.6 Å². The molecule has 0 aliphatic rings. The number of carbonyl (C=O) groups excluding carboxylic acids is 1. The van der Waals surface area contributed by atoms with Crippen LogP contribution in [0.4, 0.5) is 0 Å². The summed E-state index contributed by atoms with van der Waals surface area (Å²) in [5.41, 5.74) is 6.23. The molecule has 0 saturated carbocycles. The van der Waals surface area contributed by atoms with E-state index >= 15 is 0 Å². The molecule has 1 rings (SSSR count). The quantitative estimate of drug-likeness (QED) is 0.706. The molecule has 82 valence electrons. The van der Waals surface area contributed by atoms with Gasteiger partial charge in [0.25, 0.3) is 0 Å². The summed E-state index contributed by atoms with van der Waals surface area (Å²) in [4.78, 5) is 11.2. The van der Waals surface area contributed by atoms with E-state index in [0.717, 1.165) is 5.56 Å². The summed E-state index contributed by atoms with van der Waals surface area (Å²) in [5.74, 6) is -0.686. The number of aliphatic hydroxyl groups is 1. The first-order valence-corrected chi connectivity index (χ1v) is 4.75. The first-order valence-electron chi connectivity index (χ1n) is 4.75. The first-order chi connectivity index (χ1) is 7.11. The fraction of sp³-hybridized carbons (Fsp3) is 0.364. The smallest absolute Gasteiger partial charge is 0.336 e. The van der Waals surface area contributed by atoms with Crippen molar-refractivity contribution in [1.82, 2.24) is 0 Å². The van der Waals surface area contributed by atoms with Crippen LogP contribution in [0.15, 0.2) is 30.3 Å². The molecule has 0 bridgehead atoms. The Morgan fingerprint density at radius 2 is 2.07 bits per heavy atom. The molecule has 2 unspecified atom stereocenters. The molecule has 4 heteroatoms. The van der Waals surface area contributed by atoms with Crippen LogP contribution in [-0.2, 0) is 16.1 Å². The van der Waals surface area contributed by atoms with Crippen molar-refractivity contribution >= 4 is 5.97 Å². The number of aliphatic hydroxyl groups excluding tert-OH is 1. The van der Waals surface area contributed by atoms with E-state index in [-0.39, 0.29) is 6.61 Å². The number of ether oxygens (including phenoxy) is 1. The molecule has 0 heterocycles. The third-order valence-corrected chi connectivity index (χ3v) is 1.96. The molecular weight excluding hydrogens is 194 g/mol. The van der Waals surface area contributed by atoms with Gasteiger partial charge in [0.05, 0.1) is 0 Å². The zero-order valence-corrected chi connectivity index (χ0v) is 8.59. The van der Waals surface area contributed by atoms with Gasteiger partial charge in [-0.25, -0.2) is 4.79 Å². The summed E-state index contributed by atoms with van der Waals surface area (Å²) < 4.78 is 4.88. The maximum absolute atomic E-state index is 11.2. The summed E-state index contributed by atoms with van der Waals surface area (Å²) >= 11 is 0. The molecule has 0 amide bonds. The zero-order chi connectivity index (χ0) is 11.3. The number of hydrogen-bond acceptors (Lipinski definition) is 4. The van der Waals surface area contributed by atoms with Crippen molar-refractivity contribution in [3.05, 3.63) is 35.9 Å². The number of rotatable bonds is 4. The molecule has 3 N–H and O–H groups in total. The van der Waals surface area contributed by atoms with Gasteiger partial charge in [0, 0.05) is 6.04 Å². The molecule has 1 aromatic rings. The molecule has 0 aromatic heterocycles. The van der Waals surface area contributed by atoms with Crippen LogP contribution >= 0.6 is 0 Å². The van der Waals surface area contributed by atoms with E-state index in [1.54, 1.807) is 6.92 Å². The Hall–Kier alpha value is -1.39. The maximum Gasteiger partial charge on any atom is 0.336 e. The van der Waals surface area contributed by atoms with Gasteiger partial charge < -0.3 is 15.6 Å². The van der Waals surface area contributed by atoms with Crippen molar-refractivity contribution in [2.45, 2.75) is 25.7 Å². The number of hydrogen-bond donors (Lipinski definition) is 2. The highest BCUT2D eigenvalue weighted by Gasteiger charge is 2.20. The molecule has 0 saturated heterocycles. The number of nitrogens with two attached hydrogens (primary N) is 1. The van der Waals surface area contributed by atoms with E-state index in [4.69, 9.17) is 10.5 Å². The van der Waals surface area contributed by atoms with E-state index < -0.39 is 18.1 Å². The van der Waals surface area contributed by atoms with E-state index in [9.17, 15) is 9.90 Å². The molecule has 2 atom stereocenters. The highest BCUT2D eigenvalue weighted by atomic mass is 16.5. The third kappa shape index (κ3) is 3.69. The minimum absolute atomic E-state index is 0.156. The van der Waals surface area contributed by atoms with Gasteiger partial charge in [-0.05, 0) is 12.5 Å². The van der Waals surface area contributed by atoms with Crippen LogP contribution in [0.25, 0.3) is 0 Å². The van der Waals surface area contributed by atoms with Gasteiger partial charge in [-0.1, -0.05) is 30.3 Å². The zero-order valence-electron chi connectivity index (χ0n) is 8.59. The van der Waals surface area contributed by atoms with Crippen LogP contribution in [0.2, 0.25) is 0 Å². The van der Waals surface area contributed by atoms with Gasteiger partial charge in [0.15, 0.2) is 6.10 Å². The average Bonchev–Trinajstić information content (AvgIpc) is 2.26. The second kappa shape index (κ2) is 5.48. The predicted octanol–water partition coefficient (Wildman–Crippen LogP) is 0.438. The standard InChI is InChI=1S/C11H15NO3/c1-8(12)10(13)11(14)15-7-9-5-3-2-4-6-9/h2-6,8,10,13H,7,12H2,1H3. The molecule has 0 fully saturated rings. The number of benzene rings is 1. The van der Waals surface area contributed by atoms with Crippen LogP contribution in [-0.4, -0.2) is 23.2 Å². The van der Waals surface area contributed by atoms with Crippen molar-refractivity contribution in [2.75, 3.05) is 0 Å². The van der Waals surface area contributed by atoms with E-state index in [0.29, 0.717) is 0 Å². The van der Waals surface area contributed by atoms with Gasteiger partial charge in [0.2, 0.25) is 0 Å². The average molecular weight is 209 g/mol. The minimum Gasteiger partial charge on any atom is -0.459 e. The Morgan fingerprint density at radius 1 is 1.47 bits per heavy atom. The molecule has 15 heavy (non-hydrogen) atoms. The summed E-state index contributed by atoms with van der Waals surface area (Å²) in [7, 11) is 0. The molecule has 4 nitrogen and oxygen atoms in total. The first kappa shape index (κ1) is 11.7. The topological polar surface area (TPSA) is 72.5 Å². The van der Waals surface area contributed by atoms with Gasteiger partial charge >= 0.3 is 5.97 Å². The fourth-order valence-corrected chi connectivity index (χ4v) is 1.03. The second-order valence-corrected chi connectivity index (χ2v) is 3.40.